The highest BCUT2D eigenvalue weighted by atomic mass is 35.5. The monoisotopic (exact) mass is 308 g/mol. The molecule has 2 aromatic heterocycles. The number of aromatic nitrogens is 2. The highest BCUT2D eigenvalue weighted by molar-refractivity contribution is 7.07. The molecule has 1 aliphatic rings. The normalized spacial score (nSPS) is 16.4. The molecule has 0 saturated carbocycles. The topological polar surface area (TPSA) is 41.1 Å². The molecule has 0 unspecified atom stereocenters. The highest BCUT2D eigenvalue weighted by Crippen LogP contribution is 2.34. The first-order valence-corrected chi connectivity index (χ1v) is 8.07. The Morgan fingerprint density at radius 2 is 2.15 bits per heavy atom. The summed E-state index contributed by atoms with van der Waals surface area (Å²) in [5, 5.41) is 8.01. The first kappa shape index (κ1) is 13.6. The Morgan fingerprint density at radius 3 is 2.80 bits per heavy atom. The molecule has 0 amide bonds. The smallest absolute Gasteiger partial charge is 0.157 e. The number of nitrogens with one attached hydrogen (secondary N) is 1. The van der Waals surface area contributed by atoms with Gasteiger partial charge in [0, 0.05) is 20.1 Å². The minimum atomic E-state index is 0.484. The average molecular weight is 309 g/mol. The predicted octanol–water partition coefficient (Wildman–Crippen LogP) is 3.62. The molecular formula is C14H17ClN4S. The van der Waals surface area contributed by atoms with Crippen molar-refractivity contribution in [1.29, 1.82) is 0 Å². The summed E-state index contributed by atoms with van der Waals surface area (Å²) in [4.78, 5) is 10.7. The third-order valence-corrected chi connectivity index (χ3v) is 4.83. The van der Waals surface area contributed by atoms with E-state index in [4.69, 9.17) is 11.6 Å². The van der Waals surface area contributed by atoms with Gasteiger partial charge in [-0.05, 0) is 41.1 Å². The molecule has 3 rings (SSSR count). The summed E-state index contributed by atoms with van der Waals surface area (Å²) in [5.74, 6) is 1.59. The number of piperidine rings is 1. The van der Waals surface area contributed by atoms with Gasteiger partial charge in [-0.1, -0.05) is 11.6 Å². The molecule has 106 valence electrons. The fourth-order valence-electron chi connectivity index (χ4n) is 2.74. The lowest BCUT2D eigenvalue weighted by atomic mass is 9.91. The molecule has 0 atom stereocenters. The number of hydrogen-bond acceptors (Lipinski definition) is 5. The summed E-state index contributed by atoms with van der Waals surface area (Å²) in [5.41, 5.74) is 2.30. The molecule has 1 aliphatic heterocycles. The van der Waals surface area contributed by atoms with Gasteiger partial charge < -0.3 is 10.2 Å². The summed E-state index contributed by atoms with van der Waals surface area (Å²) in [7, 11) is 1.85. The van der Waals surface area contributed by atoms with Crippen LogP contribution in [0.1, 0.15) is 24.3 Å². The van der Waals surface area contributed by atoms with E-state index in [0.29, 0.717) is 11.1 Å². The van der Waals surface area contributed by atoms with Crippen LogP contribution in [0, 0.1) is 0 Å². The number of hydrogen-bond donors (Lipinski definition) is 1. The zero-order chi connectivity index (χ0) is 13.9. The highest BCUT2D eigenvalue weighted by Gasteiger charge is 2.24. The van der Waals surface area contributed by atoms with Crippen LogP contribution in [0.15, 0.2) is 23.2 Å². The van der Waals surface area contributed by atoms with Gasteiger partial charge in [-0.25, -0.2) is 9.97 Å². The second-order valence-corrected chi connectivity index (χ2v) is 6.07. The van der Waals surface area contributed by atoms with Crippen LogP contribution in [0.3, 0.4) is 0 Å². The van der Waals surface area contributed by atoms with Gasteiger partial charge in [0.1, 0.15) is 12.0 Å². The van der Waals surface area contributed by atoms with E-state index in [1.807, 2.05) is 7.05 Å². The van der Waals surface area contributed by atoms with Crippen molar-refractivity contribution in [2.75, 3.05) is 30.4 Å². The van der Waals surface area contributed by atoms with Gasteiger partial charge >= 0.3 is 0 Å². The fourth-order valence-corrected chi connectivity index (χ4v) is 3.71. The van der Waals surface area contributed by atoms with Gasteiger partial charge in [-0.15, -0.1) is 0 Å². The van der Waals surface area contributed by atoms with Crippen LogP contribution in [0.4, 0.5) is 11.5 Å². The van der Waals surface area contributed by atoms with Crippen LogP contribution < -0.4 is 10.2 Å². The molecular weight excluding hydrogens is 292 g/mol. The molecule has 1 saturated heterocycles. The number of nitrogens with zero attached hydrogens (tertiary/aromatic N) is 3. The first-order valence-electron chi connectivity index (χ1n) is 6.75. The van der Waals surface area contributed by atoms with Crippen molar-refractivity contribution in [2.45, 2.75) is 18.8 Å². The van der Waals surface area contributed by atoms with Crippen LogP contribution in [0.25, 0.3) is 0 Å². The van der Waals surface area contributed by atoms with E-state index < -0.39 is 0 Å². The van der Waals surface area contributed by atoms with Crippen LogP contribution in [-0.2, 0) is 0 Å². The molecule has 0 radical (unpaired) electrons. The van der Waals surface area contributed by atoms with Crippen molar-refractivity contribution in [3.05, 3.63) is 33.9 Å². The van der Waals surface area contributed by atoms with Gasteiger partial charge in [0.05, 0.1) is 0 Å². The van der Waals surface area contributed by atoms with Gasteiger partial charge in [0.2, 0.25) is 0 Å². The number of rotatable bonds is 3. The van der Waals surface area contributed by atoms with Crippen molar-refractivity contribution in [3.8, 4) is 0 Å². The predicted molar refractivity (Wildman–Crippen MR) is 85.1 cm³/mol. The minimum Gasteiger partial charge on any atom is -0.383 e. The lowest BCUT2D eigenvalue weighted by Crippen LogP contribution is -2.34. The van der Waals surface area contributed by atoms with E-state index in [1.54, 1.807) is 11.3 Å². The molecule has 2 aromatic rings. The van der Waals surface area contributed by atoms with Crippen molar-refractivity contribution in [2.24, 2.45) is 0 Å². The van der Waals surface area contributed by atoms with Crippen molar-refractivity contribution >= 4 is 34.4 Å². The molecule has 1 fully saturated rings. The number of anilines is 2. The van der Waals surface area contributed by atoms with Crippen molar-refractivity contribution < 1.29 is 0 Å². The maximum atomic E-state index is 6.12. The quantitative estimate of drug-likeness (QED) is 0.879. The van der Waals surface area contributed by atoms with Crippen LogP contribution in [0.5, 0.6) is 0 Å². The van der Waals surface area contributed by atoms with Crippen molar-refractivity contribution in [3.63, 3.8) is 0 Å². The minimum absolute atomic E-state index is 0.484. The summed E-state index contributed by atoms with van der Waals surface area (Å²) in [6, 6.07) is 2.24. The molecule has 20 heavy (non-hydrogen) atoms. The van der Waals surface area contributed by atoms with Crippen LogP contribution in [-0.4, -0.2) is 30.1 Å². The van der Waals surface area contributed by atoms with E-state index in [1.165, 1.54) is 11.9 Å². The van der Waals surface area contributed by atoms with Crippen LogP contribution >= 0.6 is 22.9 Å². The van der Waals surface area contributed by atoms with Crippen molar-refractivity contribution in [1.82, 2.24) is 9.97 Å². The molecule has 1 N–H and O–H groups in total. The molecule has 3 heterocycles. The Balaban J connectivity index is 1.74. The standard InChI is InChI=1S/C14H17ClN4S/c1-16-12-13(15)17-9-18-14(12)19-5-2-10(3-6-19)11-4-7-20-8-11/h4,7-10,16H,2-3,5-6H2,1H3. The molecule has 6 heteroatoms. The Morgan fingerprint density at radius 1 is 1.35 bits per heavy atom. The third-order valence-electron chi connectivity index (χ3n) is 3.84. The van der Waals surface area contributed by atoms with E-state index in [2.05, 4.69) is 37.0 Å². The second-order valence-electron chi connectivity index (χ2n) is 4.93. The molecule has 0 aliphatic carbocycles. The lowest BCUT2D eigenvalue weighted by Gasteiger charge is -2.33. The molecule has 4 nitrogen and oxygen atoms in total. The van der Waals surface area contributed by atoms with E-state index >= 15 is 0 Å². The average Bonchev–Trinajstić information content (AvgIpc) is 3.01. The summed E-state index contributed by atoms with van der Waals surface area (Å²) >= 11 is 7.90. The molecule has 0 aromatic carbocycles. The largest absolute Gasteiger partial charge is 0.383 e. The van der Waals surface area contributed by atoms with Gasteiger partial charge in [0.15, 0.2) is 11.0 Å². The zero-order valence-corrected chi connectivity index (χ0v) is 12.9. The maximum Gasteiger partial charge on any atom is 0.157 e. The Kier molecular flexibility index (Phi) is 4.08. The number of thiophene rings is 1. The van der Waals surface area contributed by atoms with E-state index in [9.17, 15) is 0 Å². The van der Waals surface area contributed by atoms with Crippen LogP contribution in [0.2, 0.25) is 5.15 Å². The summed E-state index contributed by atoms with van der Waals surface area (Å²) < 4.78 is 0. The fraction of sp³-hybridized carbons (Fsp3) is 0.429. The number of halogens is 1. The van der Waals surface area contributed by atoms with Gasteiger partial charge in [-0.2, -0.15) is 11.3 Å². The molecule has 0 bridgehead atoms. The Hall–Kier alpha value is -1.33. The third kappa shape index (κ3) is 2.60. The maximum absolute atomic E-state index is 6.12. The van der Waals surface area contributed by atoms with E-state index in [0.717, 1.165) is 37.4 Å². The lowest BCUT2D eigenvalue weighted by molar-refractivity contribution is 0.504. The van der Waals surface area contributed by atoms with E-state index in [-0.39, 0.29) is 0 Å². The Bertz CT molecular complexity index is 565. The van der Waals surface area contributed by atoms with Gasteiger partial charge in [0.25, 0.3) is 0 Å². The first-order chi connectivity index (χ1) is 9.79. The summed E-state index contributed by atoms with van der Waals surface area (Å²) in [6.45, 7) is 2.01. The molecule has 0 spiro atoms. The SMILES string of the molecule is CNc1c(Cl)ncnc1N1CCC(c2ccsc2)CC1. The van der Waals surface area contributed by atoms with Gasteiger partial charge in [-0.3, -0.25) is 0 Å². The second kappa shape index (κ2) is 5.97. The Labute approximate surface area is 127 Å². The zero-order valence-electron chi connectivity index (χ0n) is 11.3. The summed E-state index contributed by atoms with van der Waals surface area (Å²) in [6.07, 6.45) is 3.84.